The van der Waals surface area contributed by atoms with Gasteiger partial charge in [0.25, 0.3) is 5.91 Å². The molecule has 0 radical (unpaired) electrons. The summed E-state index contributed by atoms with van der Waals surface area (Å²) in [5.41, 5.74) is 1.19. The van der Waals surface area contributed by atoms with E-state index in [1.54, 1.807) is 12.0 Å². The van der Waals surface area contributed by atoms with Crippen molar-refractivity contribution in [2.75, 3.05) is 60.2 Å². The zero-order chi connectivity index (χ0) is 19.1. The Morgan fingerprint density at radius 1 is 1.25 bits per heavy atom. The second-order valence-electron chi connectivity index (χ2n) is 7.13. The zero-order valence-electron chi connectivity index (χ0n) is 16.8. The van der Waals surface area contributed by atoms with Crippen LogP contribution in [0.15, 0.2) is 18.2 Å². The van der Waals surface area contributed by atoms with Gasteiger partial charge in [-0.15, -0.1) is 12.4 Å². The molecule has 0 bridgehead atoms. The molecule has 0 spiro atoms. The van der Waals surface area contributed by atoms with Gasteiger partial charge in [-0.3, -0.25) is 9.69 Å². The Labute approximate surface area is 173 Å². The van der Waals surface area contributed by atoms with E-state index >= 15 is 0 Å². The van der Waals surface area contributed by atoms with Gasteiger partial charge in [0.2, 0.25) is 0 Å². The average molecular weight is 414 g/mol. The van der Waals surface area contributed by atoms with Crippen molar-refractivity contribution in [3.63, 3.8) is 0 Å². The molecule has 0 aromatic heterocycles. The molecule has 1 N–H and O–H groups in total. The summed E-state index contributed by atoms with van der Waals surface area (Å²) in [6.45, 7) is 5.53. The van der Waals surface area contributed by atoms with E-state index in [1.165, 1.54) is 18.4 Å². The minimum atomic E-state index is -0.0177. The highest BCUT2D eigenvalue weighted by Gasteiger charge is 2.20. The first-order chi connectivity index (χ1) is 13.2. The van der Waals surface area contributed by atoms with Crippen LogP contribution in [0.3, 0.4) is 0 Å². The summed E-state index contributed by atoms with van der Waals surface area (Å²) in [7, 11) is 3.66. The van der Waals surface area contributed by atoms with Crippen LogP contribution in [0.1, 0.15) is 18.4 Å². The van der Waals surface area contributed by atoms with E-state index in [0.717, 1.165) is 19.6 Å². The molecule has 0 aliphatic carbocycles. The van der Waals surface area contributed by atoms with Gasteiger partial charge in [0, 0.05) is 32.2 Å². The number of halogens is 1. The number of methoxy groups -OCH3 is 1. The van der Waals surface area contributed by atoms with Gasteiger partial charge in [0.05, 0.1) is 20.3 Å². The summed E-state index contributed by atoms with van der Waals surface area (Å²) >= 11 is 0. The summed E-state index contributed by atoms with van der Waals surface area (Å²) in [5, 5.41) is 3.38. The number of carbonyl (C=O) groups is 1. The number of nitrogens with zero attached hydrogens (tertiary/aromatic N) is 2. The number of hydrogen-bond donors (Lipinski definition) is 1. The summed E-state index contributed by atoms with van der Waals surface area (Å²) < 4.78 is 16.5. The van der Waals surface area contributed by atoms with E-state index in [0.29, 0.717) is 43.8 Å². The first-order valence-corrected chi connectivity index (χ1v) is 9.74. The maximum atomic E-state index is 12.3. The molecule has 1 aromatic carbocycles. The van der Waals surface area contributed by atoms with Gasteiger partial charge >= 0.3 is 0 Å². The summed E-state index contributed by atoms with van der Waals surface area (Å²) in [4.78, 5) is 16.5. The fraction of sp³-hybridized carbons (Fsp3) is 0.650. The molecule has 2 saturated heterocycles. The van der Waals surface area contributed by atoms with Crippen LogP contribution in [0, 0.1) is 0 Å². The van der Waals surface area contributed by atoms with E-state index in [4.69, 9.17) is 14.2 Å². The third kappa shape index (κ3) is 6.24. The second-order valence-corrected chi connectivity index (χ2v) is 7.13. The quantitative estimate of drug-likeness (QED) is 0.731. The Morgan fingerprint density at radius 2 is 2.04 bits per heavy atom. The molecule has 158 valence electrons. The van der Waals surface area contributed by atoms with Crippen LogP contribution in [0.4, 0.5) is 0 Å². The topological polar surface area (TPSA) is 63.3 Å². The van der Waals surface area contributed by atoms with Gasteiger partial charge in [0.15, 0.2) is 18.1 Å². The van der Waals surface area contributed by atoms with Crippen molar-refractivity contribution in [2.45, 2.75) is 25.4 Å². The molecule has 2 fully saturated rings. The number of benzene rings is 1. The number of rotatable bonds is 7. The maximum Gasteiger partial charge on any atom is 0.260 e. The van der Waals surface area contributed by atoms with Crippen molar-refractivity contribution in [3.05, 3.63) is 23.8 Å². The average Bonchev–Trinajstić information content (AvgIpc) is 2.73. The molecular weight excluding hydrogens is 382 g/mol. The van der Waals surface area contributed by atoms with E-state index in [-0.39, 0.29) is 24.9 Å². The maximum absolute atomic E-state index is 12.3. The summed E-state index contributed by atoms with van der Waals surface area (Å²) in [6.07, 6.45) is 2.45. The molecule has 1 aromatic rings. The van der Waals surface area contributed by atoms with E-state index in [9.17, 15) is 4.79 Å². The van der Waals surface area contributed by atoms with E-state index in [1.807, 2.05) is 19.2 Å². The van der Waals surface area contributed by atoms with Gasteiger partial charge < -0.3 is 24.4 Å². The number of amides is 1. The Balaban J connectivity index is 0.00000280. The fourth-order valence-electron chi connectivity index (χ4n) is 3.67. The van der Waals surface area contributed by atoms with Crippen LogP contribution in [-0.4, -0.2) is 81.9 Å². The highest BCUT2D eigenvalue weighted by atomic mass is 35.5. The van der Waals surface area contributed by atoms with Crippen LogP contribution in [0.2, 0.25) is 0 Å². The number of piperidine rings is 1. The predicted molar refractivity (Wildman–Crippen MR) is 110 cm³/mol. The first kappa shape index (κ1) is 22.7. The van der Waals surface area contributed by atoms with Crippen LogP contribution in [-0.2, 0) is 16.1 Å². The van der Waals surface area contributed by atoms with Crippen molar-refractivity contribution in [1.82, 2.24) is 15.1 Å². The Bertz CT molecular complexity index is 625. The molecule has 7 nitrogen and oxygen atoms in total. The highest BCUT2D eigenvalue weighted by molar-refractivity contribution is 5.85. The lowest BCUT2D eigenvalue weighted by atomic mass is 10.0. The number of carbonyl (C=O) groups excluding carboxylic acids is 1. The fourth-order valence-corrected chi connectivity index (χ4v) is 3.67. The lowest BCUT2D eigenvalue weighted by Gasteiger charge is -2.32. The molecule has 2 aliphatic heterocycles. The third-order valence-corrected chi connectivity index (χ3v) is 5.26. The summed E-state index contributed by atoms with van der Waals surface area (Å²) in [5.74, 6) is 1.26. The molecule has 1 atom stereocenters. The second kappa shape index (κ2) is 11.5. The number of hydrogen-bond acceptors (Lipinski definition) is 6. The lowest BCUT2D eigenvalue weighted by Crippen LogP contribution is -2.43. The molecule has 8 heteroatoms. The summed E-state index contributed by atoms with van der Waals surface area (Å²) in [6, 6.07) is 6.53. The van der Waals surface area contributed by atoms with Crippen LogP contribution in [0.25, 0.3) is 0 Å². The van der Waals surface area contributed by atoms with Gasteiger partial charge in [-0.2, -0.15) is 0 Å². The molecule has 1 unspecified atom stereocenters. The van der Waals surface area contributed by atoms with Gasteiger partial charge in [-0.1, -0.05) is 6.07 Å². The van der Waals surface area contributed by atoms with Gasteiger partial charge in [0.1, 0.15) is 0 Å². The monoisotopic (exact) mass is 413 g/mol. The van der Waals surface area contributed by atoms with Crippen molar-refractivity contribution in [2.24, 2.45) is 0 Å². The molecule has 3 rings (SSSR count). The largest absolute Gasteiger partial charge is 0.493 e. The van der Waals surface area contributed by atoms with Crippen molar-refractivity contribution >= 4 is 18.3 Å². The Morgan fingerprint density at radius 3 is 2.75 bits per heavy atom. The lowest BCUT2D eigenvalue weighted by molar-refractivity contribution is -0.137. The molecule has 28 heavy (non-hydrogen) atoms. The number of morpholine rings is 1. The number of nitrogens with one attached hydrogen (secondary N) is 1. The number of likely N-dealkylation sites (tertiary alicyclic amines) is 1. The molecule has 2 aliphatic rings. The van der Waals surface area contributed by atoms with Crippen LogP contribution < -0.4 is 14.8 Å². The normalized spacial score (nSPS) is 20.4. The number of likely N-dealkylation sites (N-methyl/N-ethyl adjacent to an activating group) is 1. The standard InChI is InChI=1S/C20H31N3O4.ClH/c1-21-17-4-3-7-22(14-17)13-16-5-6-18(19(12-16)25-2)27-15-20(24)23-8-10-26-11-9-23;/h5-6,12,17,21H,3-4,7-11,13-15H2,1-2H3;1H. The Hall–Kier alpha value is -1.54. The van der Waals surface area contributed by atoms with Crippen molar-refractivity contribution < 1.29 is 19.0 Å². The molecular formula is C20H32ClN3O4. The van der Waals surface area contributed by atoms with Gasteiger partial charge in [-0.05, 0) is 44.1 Å². The van der Waals surface area contributed by atoms with Crippen molar-refractivity contribution in [1.29, 1.82) is 0 Å². The molecule has 2 heterocycles. The highest BCUT2D eigenvalue weighted by Crippen LogP contribution is 2.29. The van der Waals surface area contributed by atoms with Crippen LogP contribution >= 0.6 is 12.4 Å². The minimum Gasteiger partial charge on any atom is -0.493 e. The molecule has 0 saturated carbocycles. The van der Waals surface area contributed by atoms with E-state index < -0.39 is 0 Å². The minimum absolute atomic E-state index is 0. The third-order valence-electron chi connectivity index (χ3n) is 5.26. The van der Waals surface area contributed by atoms with E-state index in [2.05, 4.69) is 16.3 Å². The first-order valence-electron chi connectivity index (χ1n) is 9.74. The SMILES string of the molecule is CNC1CCCN(Cc2ccc(OCC(=O)N3CCOCC3)c(OC)c2)C1.Cl. The van der Waals surface area contributed by atoms with Gasteiger partial charge in [-0.25, -0.2) is 0 Å². The Kier molecular flexibility index (Phi) is 9.31. The van der Waals surface area contributed by atoms with Crippen LogP contribution in [0.5, 0.6) is 11.5 Å². The zero-order valence-corrected chi connectivity index (χ0v) is 17.6. The molecule has 1 amide bonds. The number of ether oxygens (including phenoxy) is 3. The van der Waals surface area contributed by atoms with Crippen molar-refractivity contribution in [3.8, 4) is 11.5 Å². The predicted octanol–water partition coefficient (Wildman–Crippen LogP) is 1.54. The smallest absolute Gasteiger partial charge is 0.260 e.